The molecule has 11 heteroatoms. The van der Waals surface area contributed by atoms with Gasteiger partial charge in [0, 0.05) is 35.8 Å². The van der Waals surface area contributed by atoms with Crippen LogP contribution in [-0.2, 0) is 40.6 Å². The molecule has 2 aromatic heterocycles. The highest BCUT2D eigenvalue weighted by molar-refractivity contribution is 7.91. The Bertz CT molecular complexity index is 1190. The second-order valence-electron chi connectivity index (χ2n) is 8.84. The lowest BCUT2D eigenvalue weighted by Crippen LogP contribution is -2.36. The average molecular weight is 493 g/mol. The Kier molecular flexibility index (Phi) is 6.04. The van der Waals surface area contributed by atoms with Crippen molar-refractivity contribution in [1.29, 1.82) is 0 Å². The molecular formula is C22H28N4O5S2. The number of carbonyl (C=O) groups is 2. The van der Waals surface area contributed by atoms with Crippen molar-refractivity contribution in [1.82, 2.24) is 19.4 Å². The maximum Gasteiger partial charge on any atom is 0.340 e. The summed E-state index contributed by atoms with van der Waals surface area (Å²) in [4.78, 5) is 28.4. The van der Waals surface area contributed by atoms with Crippen LogP contribution in [0.3, 0.4) is 0 Å². The van der Waals surface area contributed by atoms with Gasteiger partial charge in [-0.2, -0.15) is 9.40 Å². The monoisotopic (exact) mass is 492 g/mol. The van der Waals surface area contributed by atoms with Crippen molar-refractivity contribution in [3.05, 3.63) is 33.0 Å². The van der Waals surface area contributed by atoms with E-state index in [1.165, 1.54) is 11.4 Å². The van der Waals surface area contributed by atoms with Gasteiger partial charge in [-0.25, -0.2) is 13.2 Å². The number of hydrogen-bond acceptors (Lipinski definition) is 7. The van der Waals surface area contributed by atoms with Crippen LogP contribution < -0.4 is 0 Å². The summed E-state index contributed by atoms with van der Waals surface area (Å²) in [6.07, 6.45) is 6.93. The molecule has 178 valence electrons. The number of thiophene rings is 1. The molecule has 0 atom stereocenters. The molecule has 0 saturated carbocycles. The molecule has 0 unspecified atom stereocenters. The quantitative estimate of drug-likeness (QED) is 0.657. The molecule has 1 saturated heterocycles. The summed E-state index contributed by atoms with van der Waals surface area (Å²) in [6.45, 7) is 1.58. The van der Waals surface area contributed by atoms with Crippen LogP contribution in [0.15, 0.2) is 4.21 Å². The lowest BCUT2D eigenvalue weighted by Gasteiger charge is -2.27. The number of piperidine rings is 1. The third-order valence-corrected chi connectivity index (χ3v) is 10.5. The van der Waals surface area contributed by atoms with E-state index in [0.29, 0.717) is 37.3 Å². The van der Waals surface area contributed by atoms with E-state index in [0.717, 1.165) is 72.4 Å². The first-order valence-electron chi connectivity index (χ1n) is 11.5. The van der Waals surface area contributed by atoms with E-state index in [-0.39, 0.29) is 22.2 Å². The zero-order valence-corrected chi connectivity index (χ0v) is 20.3. The van der Waals surface area contributed by atoms with E-state index < -0.39 is 16.0 Å². The van der Waals surface area contributed by atoms with Gasteiger partial charge in [-0.15, -0.1) is 11.3 Å². The fourth-order valence-corrected chi connectivity index (χ4v) is 8.63. The number of aromatic amines is 1. The molecule has 4 heterocycles. The second-order valence-corrected chi connectivity index (χ2v) is 12.1. The minimum absolute atomic E-state index is 0.0488. The smallest absolute Gasteiger partial charge is 0.340 e. The highest BCUT2D eigenvalue weighted by Gasteiger charge is 2.38. The second kappa shape index (κ2) is 8.84. The lowest BCUT2D eigenvalue weighted by atomic mass is 9.95. The van der Waals surface area contributed by atoms with E-state index in [2.05, 4.69) is 10.2 Å². The normalized spacial score (nSPS) is 19.1. The number of sulfonamides is 1. The van der Waals surface area contributed by atoms with E-state index in [1.807, 2.05) is 0 Å². The number of H-pyrrole nitrogens is 1. The van der Waals surface area contributed by atoms with Crippen molar-refractivity contribution in [2.24, 2.45) is 0 Å². The molecule has 33 heavy (non-hydrogen) atoms. The number of carbonyl (C=O) groups excluding carboxylic acids is 2. The van der Waals surface area contributed by atoms with Crippen molar-refractivity contribution in [2.75, 3.05) is 26.7 Å². The van der Waals surface area contributed by atoms with Gasteiger partial charge in [0.1, 0.15) is 4.21 Å². The fraction of sp³-hybridized carbons (Fsp3) is 0.591. The standard InChI is InChI=1S/C22H28N4O5S2/c1-31-21(28)18-15-9-12-25(20(27)19-14-7-3-4-8-16(14)23-24-19)13-17(15)32-22(18)33(29,30)26-10-5-2-6-11-26/h2-13H2,1H3,(H,23,24). The number of amides is 1. The topological polar surface area (TPSA) is 113 Å². The van der Waals surface area contributed by atoms with Gasteiger partial charge < -0.3 is 9.64 Å². The van der Waals surface area contributed by atoms with Crippen LogP contribution in [0.4, 0.5) is 0 Å². The predicted molar refractivity (Wildman–Crippen MR) is 122 cm³/mol. The Hall–Kier alpha value is -2.24. The van der Waals surface area contributed by atoms with Crippen LogP contribution in [0.25, 0.3) is 0 Å². The predicted octanol–water partition coefficient (Wildman–Crippen LogP) is 2.51. The number of methoxy groups -OCH3 is 1. The number of nitrogens with zero attached hydrogens (tertiary/aromatic N) is 3. The number of aryl methyl sites for hydroxylation is 1. The molecule has 2 aliphatic heterocycles. The molecule has 2 aromatic rings. The Labute approximate surface area is 197 Å². The van der Waals surface area contributed by atoms with Crippen molar-refractivity contribution in [3.8, 4) is 0 Å². The third kappa shape index (κ3) is 3.89. The highest BCUT2D eigenvalue weighted by Crippen LogP contribution is 2.39. The first kappa shape index (κ1) is 22.5. The van der Waals surface area contributed by atoms with Crippen molar-refractivity contribution in [3.63, 3.8) is 0 Å². The van der Waals surface area contributed by atoms with Gasteiger partial charge in [-0.3, -0.25) is 9.89 Å². The van der Waals surface area contributed by atoms with Crippen LogP contribution in [0, 0.1) is 0 Å². The zero-order valence-electron chi connectivity index (χ0n) is 18.7. The minimum atomic E-state index is -3.80. The number of nitrogens with one attached hydrogen (secondary N) is 1. The molecule has 1 aliphatic carbocycles. The van der Waals surface area contributed by atoms with Crippen molar-refractivity contribution < 1.29 is 22.7 Å². The Morgan fingerprint density at radius 3 is 2.52 bits per heavy atom. The number of esters is 1. The molecule has 1 amide bonds. The number of hydrogen-bond donors (Lipinski definition) is 1. The van der Waals surface area contributed by atoms with E-state index in [4.69, 9.17) is 4.74 Å². The Balaban J connectivity index is 1.47. The van der Waals surface area contributed by atoms with Gasteiger partial charge in [-0.05, 0) is 50.5 Å². The first-order valence-corrected chi connectivity index (χ1v) is 13.8. The molecule has 1 fully saturated rings. The van der Waals surface area contributed by atoms with Gasteiger partial charge in [0.05, 0.1) is 19.2 Å². The summed E-state index contributed by atoms with van der Waals surface area (Å²) >= 11 is 1.10. The van der Waals surface area contributed by atoms with Gasteiger partial charge in [-0.1, -0.05) is 6.42 Å². The van der Waals surface area contributed by atoms with Crippen LogP contribution >= 0.6 is 11.3 Å². The van der Waals surface area contributed by atoms with Crippen molar-refractivity contribution in [2.45, 2.75) is 62.1 Å². The molecule has 5 rings (SSSR count). The number of rotatable bonds is 4. The van der Waals surface area contributed by atoms with E-state index in [1.54, 1.807) is 4.90 Å². The number of aromatic nitrogens is 2. The maximum absolute atomic E-state index is 13.4. The summed E-state index contributed by atoms with van der Waals surface area (Å²) in [5.41, 5.74) is 3.36. The molecule has 1 N–H and O–H groups in total. The summed E-state index contributed by atoms with van der Waals surface area (Å²) in [5, 5.41) is 7.32. The van der Waals surface area contributed by atoms with Gasteiger partial charge in [0.2, 0.25) is 0 Å². The van der Waals surface area contributed by atoms with Gasteiger partial charge in [0.25, 0.3) is 15.9 Å². The molecule has 0 aromatic carbocycles. The summed E-state index contributed by atoms with van der Waals surface area (Å²) in [7, 11) is -2.54. The lowest BCUT2D eigenvalue weighted by molar-refractivity contribution is 0.0595. The van der Waals surface area contributed by atoms with Gasteiger partial charge in [0.15, 0.2) is 5.69 Å². The van der Waals surface area contributed by atoms with E-state index in [9.17, 15) is 18.0 Å². The summed E-state index contributed by atoms with van der Waals surface area (Å²) < 4.78 is 33.4. The largest absolute Gasteiger partial charge is 0.465 e. The Morgan fingerprint density at radius 2 is 1.76 bits per heavy atom. The van der Waals surface area contributed by atoms with Crippen molar-refractivity contribution >= 4 is 33.2 Å². The maximum atomic E-state index is 13.4. The van der Waals surface area contributed by atoms with Gasteiger partial charge >= 0.3 is 5.97 Å². The molecule has 0 radical (unpaired) electrons. The van der Waals surface area contributed by atoms with Crippen LogP contribution in [0.5, 0.6) is 0 Å². The van der Waals surface area contributed by atoms with E-state index >= 15 is 0 Å². The number of fused-ring (bicyclic) bond motifs is 2. The summed E-state index contributed by atoms with van der Waals surface area (Å²) in [6, 6.07) is 0. The average Bonchev–Trinajstić information content (AvgIpc) is 3.45. The minimum Gasteiger partial charge on any atom is -0.465 e. The SMILES string of the molecule is COC(=O)c1c(S(=O)(=O)N2CCCCC2)sc2c1CCN(C(=O)c1n[nH]c3c1CCCC3)C2. The molecule has 0 bridgehead atoms. The molecular weight excluding hydrogens is 464 g/mol. The van der Waals surface area contributed by atoms with Crippen LogP contribution in [0.2, 0.25) is 0 Å². The zero-order chi connectivity index (χ0) is 23.2. The van der Waals surface area contributed by atoms with Crippen LogP contribution in [0.1, 0.15) is 74.6 Å². The summed E-state index contributed by atoms with van der Waals surface area (Å²) in [5.74, 6) is -0.780. The molecule has 3 aliphatic rings. The first-order chi connectivity index (χ1) is 15.9. The molecule has 0 spiro atoms. The highest BCUT2D eigenvalue weighted by atomic mass is 32.2. The fourth-order valence-electron chi connectivity index (χ4n) is 5.07. The Morgan fingerprint density at radius 1 is 1.00 bits per heavy atom. The molecule has 9 nitrogen and oxygen atoms in total. The third-order valence-electron chi connectivity index (χ3n) is 6.85. The van der Waals surface area contributed by atoms with Crippen LogP contribution in [-0.4, -0.2) is 66.4 Å². The number of ether oxygens (including phenoxy) is 1.